The Morgan fingerprint density at radius 1 is 1.24 bits per heavy atom. The van der Waals surface area contributed by atoms with Gasteiger partial charge in [0.2, 0.25) is 0 Å². The van der Waals surface area contributed by atoms with Crippen molar-refractivity contribution in [1.29, 1.82) is 0 Å². The fraction of sp³-hybridized carbons (Fsp3) is 0.320. The fourth-order valence-corrected chi connectivity index (χ4v) is 4.02. The maximum absolute atomic E-state index is 13.1. The molecule has 0 radical (unpaired) electrons. The third-order valence-electron chi connectivity index (χ3n) is 5.67. The van der Waals surface area contributed by atoms with E-state index in [9.17, 15) is 14.4 Å². The second kappa shape index (κ2) is 9.77. The van der Waals surface area contributed by atoms with Crippen molar-refractivity contribution in [1.82, 2.24) is 4.90 Å². The second-order valence-electron chi connectivity index (χ2n) is 7.86. The van der Waals surface area contributed by atoms with Crippen LogP contribution in [0.1, 0.15) is 35.7 Å². The van der Waals surface area contributed by atoms with E-state index in [4.69, 9.17) is 14.2 Å². The highest BCUT2D eigenvalue weighted by atomic mass is 16.5. The molecule has 2 heterocycles. The molecule has 0 spiro atoms. The zero-order chi connectivity index (χ0) is 23.4. The number of ether oxygens (including phenoxy) is 3. The molecule has 172 valence electrons. The summed E-state index contributed by atoms with van der Waals surface area (Å²) >= 11 is 0. The molecule has 8 heteroatoms. The summed E-state index contributed by atoms with van der Waals surface area (Å²) in [5.74, 6) is -0.0123. The lowest BCUT2D eigenvalue weighted by atomic mass is 9.97. The number of rotatable bonds is 5. The van der Waals surface area contributed by atoms with Crippen LogP contribution in [0.3, 0.4) is 0 Å². The lowest BCUT2D eigenvalue weighted by Crippen LogP contribution is -2.42. The molecular formula is C25H26N2O6. The summed E-state index contributed by atoms with van der Waals surface area (Å²) in [5.41, 5.74) is 1.54. The Balaban J connectivity index is 1.51. The average molecular weight is 450 g/mol. The molecule has 1 saturated heterocycles. The van der Waals surface area contributed by atoms with Gasteiger partial charge in [0.25, 0.3) is 11.8 Å². The van der Waals surface area contributed by atoms with Gasteiger partial charge in [-0.3, -0.25) is 14.4 Å². The van der Waals surface area contributed by atoms with Crippen molar-refractivity contribution in [2.24, 2.45) is 5.92 Å². The lowest BCUT2D eigenvalue weighted by Gasteiger charge is -2.32. The minimum absolute atomic E-state index is 0.124. The van der Waals surface area contributed by atoms with Crippen molar-refractivity contribution < 1.29 is 28.6 Å². The highest BCUT2D eigenvalue weighted by molar-refractivity contribution is 6.09. The second-order valence-corrected chi connectivity index (χ2v) is 7.86. The van der Waals surface area contributed by atoms with Crippen LogP contribution < -0.4 is 14.8 Å². The van der Waals surface area contributed by atoms with Crippen molar-refractivity contribution >= 4 is 29.5 Å². The zero-order valence-corrected chi connectivity index (χ0v) is 18.6. The Hall–Kier alpha value is -3.81. The van der Waals surface area contributed by atoms with Crippen LogP contribution in [0.2, 0.25) is 0 Å². The molecular weight excluding hydrogens is 424 g/mol. The molecule has 4 rings (SSSR count). The maximum atomic E-state index is 13.1. The van der Waals surface area contributed by atoms with E-state index in [-0.39, 0.29) is 23.6 Å². The van der Waals surface area contributed by atoms with Gasteiger partial charge in [-0.25, -0.2) is 0 Å². The summed E-state index contributed by atoms with van der Waals surface area (Å²) in [7, 11) is 1.56. The molecule has 1 unspecified atom stereocenters. The number of anilines is 1. The number of nitrogens with zero attached hydrogens (tertiary/aromatic N) is 1. The van der Waals surface area contributed by atoms with Gasteiger partial charge in [0.1, 0.15) is 5.75 Å². The van der Waals surface area contributed by atoms with Gasteiger partial charge >= 0.3 is 5.97 Å². The molecule has 2 aromatic rings. The Bertz CT molecular complexity index is 1110. The van der Waals surface area contributed by atoms with Crippen molar-refractivity contribution in [3.8, 4) is 11.5 Å². The zero-order valence-electron chi connectivity index (χ0n) is 18.6. The summed E-state index contributed by atoms with van der Waals surface area (Å²) in [4.78, 5) is 39.4. The van der Waals surface area contributed by atoms with E-state index < -0.39 is 5.91 Å². The molecule has 1 atom stereocenters. The average Bonchev–Trinajstić information content (AvgIpc) is 2.84. The van der Waals surface area contributed by atoms with Crippen LogP contribution in [-0.2, 0) is 14.3 Å². The molecule has 0 bridgehead atoms. The van der Waals surface area contributed by atoms with Gasteiger partial charge in [-0.1, -0.05) is 18.2 Å². The summed E-state index contributed by atoms with van der Waals surface area (Å²) < 4.78 is 16.2. The fourth-order valence-electron chi connectivity index (χ4n) is 4.02. The van der Waals surface area contributed by atoms with Crippen LogP contribution >= 0.6 is 0 Å². The minimum atomic E-state index is -0.418. The van der Waals surface area contributed by atoms with E-state index in [2.05, 4.69) is 5.32 Å². The third kappa shape index (κ3) is 4.84. The number of para-hydroxylation sites is 1. The number of carbonyl (C=O) groups is 3. The highest BCUT2D eigenvalue weighted by Gasteiger charge is 2.31. The van der Waals surface area contributed by atoms with Crippen LogP contribution in [0.25, 0.3) is 6.08 Å². The van der Waals surface area contributed by atoms with E-state index in [0.29, 0.717) is 54.4 Å². The largest absolute Gasteiger partial charge is 0.496 e. The topological polar surface area (TPSA) is 94.2 Å². The summed E-state index contributed by atoms with van der Waals surface area (Å²) in [6, 6.07) is 12.2. The van der Waals surface area contributed by atoms with Gasteiger partial charge in [0.15, 0.2) is 11.5 Å². The number of carbonyl (C=O) groups excluding carboxylic acids is 3. The number of methoxy groups -OCH3 is 1. The molecule has 2 amide bonds. The summed E-state index contributed by atoms with van der Waals surface area (Å²) in [6.07, 6.45) is 3.05. The Morgan fingerprint density at radius 3 is 2.85 bits per heavy atom. The van der Waals surface area contributed by atoms with E-state index in [1.54, 1.807) is 49.3 Å². The first-order valence-electron chi connectivity index (χ1n) is 10.9. The number of piperidine rings is 1. The number of hydrogen-bond donors (Lipinski definition) is 1. The number of amides is 2. The van der Waals surface area contributed by atoms with Crippen molar-refractivity contribution in [2.45, 2.75) is 19.8 Å². The van der Waals surface area contributed by atoms with Crippen molar-refractivity contribution in [3.63, 3.8) is 0 Å². The smallest absolute Gasteiger partial charge is 0.310 e. The molecule has 2 aromatic carbocycles. The first-order valence-corrected chi connectivity index (χ1v) is 10.9. The van der Waals surface area contributed by atoms with Gasteiger partial charge in [-0.05, 0) is 50.1 Å². The number of likely N-dealkylation sites (tertiary alicyclic amines) is 1. The minimum Gasteiger partial charge on any atom is -0.496 e. The predicted octanol–water partition coefficient (Wildman–Crippen LogP) is 3.48. The monoisotopic (exact) mass is 450 g/mol. The Kier molecular flexibility index (Phi) is 6.63. The number of fused-ring (bicyclic) bond motifs is 1. The molecule has 1 N–H and O–H groups in total. The number of esters is 1. The Labute approximate surface area is 192 Å². The van der Waals surface area contributed by atoms with Crippen LogP contribution in [0.4, 0.5) is 5.69 Å². The first-order chi connectivity index (χ1) is 16.0. The molecule has 0 saturated carbocycles. The third-order valence-corrected chi connectivity index (χ3v) is 5.67. The molecule has 33 heavy (non-hydrogen) atoms. The highest BCUT2D eigenvalue weighted by Crippen LogP contribution is 2.34. The predicted molar refractivity (Wildman–Crippen MR) is 122 cm³/mol. The van der Waals surface area contributed by atoms with Crippen molar-refractivity contribution in [3.05, 3.63) is 59.4 Å². The van der Waals surface area contributed by atoms with Gasteiger partial charge in [-0.2, -0.15) is 0 Å². The Morgan fingerprint density at radius 2 is 2.06 bits per heavy atom. The molecule has 2 aliphatic rings. The maximum Gasteiger partial charge on any atom is 0.310 e. The molecule has 2 aliphatic heterocycles. The van der Waals surface area contributed by atoms with Crippen molar-refractivity contribution in [2.75, 3.05) is 32.1 Å². The van der Waals surface area contributed by atoms with E-state index in [1.807, 2.05) is 18.2 Å². The van der Waals surface area contributed by atoms with Gasteiger partial charge in [0.05, 0.1) is 25.3 Å². The van der Waals surface area contributed by atoms with Crippen LogP contribution in [0.15, 0.2) is 48.2 Å². The lowest BCUT2D eigenvalue weighted by molar-refractivity contribution is -0.149. The quantitative estimate of drug-likeness (QED) is 0.554. The van der Waals surface area contributed by atoms with Gasteiger partial charge in [0, 0.05) is 24.2 Å². The van der Waals surface area contributed by atoms with E-state index in [1.165, 1.54) is 0 Å². The number of benzene rings is 2. The van der Waals surface area contributed by atoms with Crippen LogP contribution in [0.5, 0.6) is 11.5 Å². The molecule has 8 nitrogen and oxygen atoms in total. The number of hydrogen-bond acceptors (Lipinski definition) is 6. The number of nitrogens with one attached hydrogen (secondary N) is 1. The molecule has 1 fully saturated rings. The standard InChI is InChI=1S/C25H26N2O6/c1-3-32-25(30)18-8-6-12-27(15-18)24(29)17-10-11-21-19(13-17)26-23(28)22(33-21)14-16-7-4-5-9-20(16)31-2/h4-5,7,9-11,13-14,18H,3,6,8,12,15H2,1-2H3,(H,26,28). The van der Waals surface area contributed by atoms with E-state index >= 15 is 0 Å². The first kappa shape index (κ1) is 22.4. The SMILES string of the molecule is CCOC(=O)C1CCCN(C(=O)c2ccc3c(c2)NC(=O)C(=Cc2ccccc2OC)O3)C1. The molecule has 0 aromatic heterocycles. The summed E-state index contributed by atoms with van der Waals surface area (Å²) in [6.45, 7) is 2.98. The van der Waals surface area contributed by atoms with Crippen LogP contribution in [-0.4, -0.2) is 49.5 Å². The normalized spacial score (nSPS) is 18.7. The molecule has 0 aliphatic carbocycles. The van der Waals surface area contributed by atoms with Gasteiger partial charge in [-0.15, -0.1) is 0 Å². The van der Waals surface area contributed by atoms with E-state index in [0.717, 1.165) is 6.42 Å². The van der Waals surface area contributed by atoms with Crippen LogP contribution in [0, 0.1) is 5.92 Å². The van der Waals surface area contributed by atoms with Gasteiger partial charge < -0.3 is 24.4 Å². The summed E-state index contributed by atoms with van der Waals surface area (Å²) in [5, 5.41) is 2.79.